The molecular weight excluding hydrogens is 341 g/mol. The molecule has 1 aromatic carbocycles. The van der Waals surface area contributed by atoms with Gasteiger partial charge in [0.25, 0.3) is 0 Å². The van der Waals surface area contributed by atoms with Crippen molar-refractivity contribution in [2.45, 2.75) is 52.7 Å². The Morgan fingerprint density at radius 3 is 2.58 bits per heavy atom. The number of amides is 1. The van der Waals surface area contributed by atoms with E-state index in [4.69, 9.17) is 9.47 Å². The molecule has 1 aromatic rings. The van der Waals surface area contributed by atoms with Crippen LogP contribution >= 0.6 is 0 Å². The number of halogens is 1. The molecule has 0 saturated carbocycles. The number of phenols is 1. The molecule has 0 aliphatic heterocycles. The quantitative estimate of drug-likeness (QED) is 0.590. The maximum Gasteiger partial charge on any atom is 0.408 e. The van der Waals surface area contributed by atoms with E-state index >= 15 is 0 Å². The van der Waals surface area contributed by atoms with Crippen LogP contribution in [0.15, 0.2) is 24.3 Å². The number of hydrogen-bond acceptors (Lipinski definition) is 5. The summed E-state index contributed by atoms with van der Waals surface area (Å²) in [5.41, 5.74) is -0.162. The number of nitrogens with one attached hydrogen (secondary N) is 1. The van der Waals surface area contributed by atoms with Crippen molar-refractivity contribution < 1.29 is 28.6 Å². The molecule has 0 spiro atoms. The van der Waals surface area contributed by atoms with E-state index in [0.29, 0.717) is 5.56 Å². The van der Waals surface area contributed by atoms with Crippen LogP contribution in [0.25, 0.3) is 0 Å². The molecule has 1 rings (SSSR count). The molecule has 144 valence electrons. The standard InChI is InChI=1S/C19H26FNO5/c1-6-25-16(22)9-7-8-13-10-14(20)11-15(17(13)23)12(2)21-18(24)26-19(3,4)5/h7,9-12,23H,6,8H2,1-5H3,(H,21,24)/b9-7+/t12-/m1/s1. The fourth-order valence-corrected chi connectivity index (χ4v) is 2.20. The zero-order valence-electron chi connectivity index (χ0n) is 15.8. The Kier molecular flexibility index (Phi) is 7.61. The molecule has 0 heterocycles. The van der Waals surface area contributed by atoms with Crippen LogP contribution in [0.4, 0.5) is 9.18 Å². The number of rotatable bonds is 6. The number of esters is 1. The number of carbonyl (C=O) groups is 2. The number of hydrogen-bond donors (Lipinski definition) is 2. The van der Waals surface area contributed by atoms with Gasteiger partial charge in [-0.25, -0.2) is 14.0 Å². The lowest BCUT2D eigenvalue weighted by atomic mass is 10.0. The minimum absolute atomic E-state index is 0.133. The van der Waals surface area contributed by atoms with Gasteiger partial charge in [-0.3, -0.25) is 0 Å². The molecule has 26 heavy (non-hydrogen) atoms. The molecule has 2 N–H and O–H groups in total. The highest BCUT2D eigenvalue weighted by molar-refractivity contribution is 5.81. The maximum absolute atomic E-state index is 13.9. The van der Waals surface area contributed by atoms with Gasteiger partial charge in [0.2, 0.25) is 0 Å². The summed E-state index contributed by atoms with van der Waals surface area (Å²) >= 11 is 0. The summed E-state index contributed by atoms with van der Waals surface area (Å²) < 4.78 is 23.8. The Bertz CT molecular complexity index is 679. The Hall–Kier alpha value is -2.57. The van der Waals surface area contributed by atoms with E-state index in [9.17, 15) is 19.1 Å². The number of phenolic OH excluding ortho intramolecular Hbond substituents is 1. The fraction of sp³-hybridized carbons (Fsp3) is 0.474. The minimum Gasteiger partial charge on any atom is -0.507 e. The van der Waals surface area contributed by atoms with Crippen LogP contribution in [0.3, 0.4) is 0 Å². The lowest BCUT2D eigenvalue weighted by molar-refractivity contribution is -0.137. The summed E-state index contributed by atoms with van der Waals surface area (Å²) in [6, 6.07) is 1.65. The van der Waals surface area contributed by atoms with Crippen LogP contribution in [0.2, 0.25) is 0 Å². The largest absolute Gasteiger partial charge is 0.507 e. The third-order valence-corrected chi connectivity index (χ3v) is 3.26. The predicted octanol–water partition coefficient (Wildman–Crippen LogP) is 3.78. The molecule has 1 atom stereocenters. The van der Waals surface area contributed by atoms with Crippen LogP contribution in [-0.2, 0) is 20.7 Å². The van der Waals surface area contributed by atoms with Crippen LogP contribution in [-0.4, -0.2) is 29.4 Å². The summed E-state index contributed by atoms with van der Waals surface area (Å²) in [5, 5.41) is 12.9. The van der Waals surface area contributed by atoms with Crippen molar-refractivity contribution >= 4 is 12.1 Å². The monoisotopic (exact) mass is 367 g/mol. The molecule has 7 heteroatoms. The van der Waals surface area contributed by atoms with E-state index in [2.05, 4.69) is 5.32 Å². The molecular formula is C19H26FNO5. The van der Waals surface area contributed by atoms with E-state index in [-0.39, 0.29) is 24.3 Å². The molecule has 0 aromatic heterocycles. The van der Waals surface area contributed by atoms with Crippen molar-refractivity contribution in [3.63, 3.8) is 0 Å². The number of alkyl carbamates (subject to hydrolysis) is 1. The van der Waals surface area contributed by atoms with Crippen molar-refractivity contribution in [1.29, 1.82) is 0 Å². The first-order chi connectivity index (χ1) is 12.0. The fourth-order valence-electron chi connectivity index (χ4n) is 2.20. The molecule has 0 bridgehead atoms. The van der Waals surface area contributed by atoms with Crippen molar-refractivity contribution in [2.75, 3.05) is 6.61 Å². The van der Waals surface area contributed by atoms with Gasteiger partial charge in [0.15, 0.2) is 0 Å². The molecule has 0 aliphatic rings. The third kappa shape index (κ3) is 7.13. The Morgan fingerprint density at radius 1 is 1.35 bits per heavy atom. The van der Waals surface area contributed by atoms with Gasteiger partial charge in [-0.1, -0.05) is 6.08 Å². The van der Waals surface area contributed by atoms with Crippen molar-refractivity contribution in [3.8, 4) is 5.75 Å². The Labute approximate surface area is 153 Å². The third-order valence-electron chi connectivity index (χ3n) is 3.26. The number of benzene rings is 1. The molecule has 0 fully saturated rings. The topological polar surface area (TPSA) is 84.9 Å². The van der Waals surface area contributed by atoms with E-state index in [1.54, 1.807) is 34.6 Å². The van der Waals surface area contributed by atoms with Gasteiger partial charge in [-0.05, 0) is 53.2 Å². The number of aromatic hydroxyl groups is 1. The summed E-state index contributed by atoms with van der Waals surface area (Å²) in [5.74, 6) is -1.22. The summed E-state index contributed by atoms with van der Waals surface area (Å²) in [7, 11) is 0. The highest BCUT2D eigenvalue weighted by atomic mass is 19.1. The molecule has 0 saturated heterocycles. The van der Waals surface area contributed by atoms with Crippen LogP contribution in [0.1, 0.15) is 51.8 Å². The van der Waals surface area contributed by atoms with Gasteiger partial charge >= 0.3 is 12.1 Å². The normalized spacial score (nSPS) is 12.7. The minimum atomic E-state index is -0.673. The SMILES string of the molecule is CCOC(=O)/C=C/Cc1cc(F)cc([C@@H](C)NC(=O)OC(C)(C)C)c1O. The second kappa shape index (κ2) is 9.22. The molecule has 1 amide bonds. The van der Waals surface area contributed by atoms with Gasteiger partial charge in [0, 0.05) is 17.2 Å². The van der Waals surface area contributed by atoms with Gasteiger partial charge in [-0.15, -0.1) is 0 Å². The van der Waals surface area contributed by atoms with Gasteiger partial charge in [-0.2, -0.15) is 0 Å². The smallest absolute Gasteiger partial charge is 0.408 e. The van der Waals surface area contributed by atoms with E-state index in [0.717, 1.165) is 6.07 Å². The first-order valence-electron chi connectivity index (χ1n) is 8.37. The highest BCUT2D eigenvalue weighted by Crippen LogP contribution is 2.30. The first kappa shape index (κ1) is 21.5. The summed E-state index contributed by atoms with van der Waals surface area (Å²) in [4.78, 5) is 23.1. The van der Waals surface area contributed by atoms with E-state index in [1.807, 2.05) is 0 Å². The molecule has 0 unspecified atom stereocenters. The van der Waals surface area contributed by atoms with E-state index < -0.39 is 29.5 Å². The summed E-state index contributed by atoms with van der Waals surface area (Å²) in [6.07, 6.45) is 2.16. The Balaban J connectivity index is 2.91. The van der Waals surface area contributed by atoms with Crippen molar-refractivity contribution in [2.24, 2.45) is 0 Å². The number of ether oxygens (including phenoxy) is 2. The average molecular weight is 367 g/mol. The predicted molar refractivity (Wildman–Crippen MR) is 95.3 cm³/mol. The summed E-state index contributed by atoms with van der Waals surface area (Å²) in [6.45, 7) is 8.74. The van der Waals surface area contributed by atoms with Gasteiger partial charge in [0.1, 0.15) is 17.2 Å². The second-order valence-corrected chi connectivity index (χ2v) is 6.73. The Morgan fingerprint density at radius 2 is 2.00 bits per heavy atom. The van der Waals surface area contributed by atoms with Gasteiger partial charge < -0.3 is 19.9 Å². The molecule has 6 nitrogen and oxygen atoms in total. The zero-order chi connectivity index (χ0) is 19.9. The second-order valence-electron chi connectivity index (χ2n) is 6.73. The number of carbonyl (C=O) groups excluding carboxylic acids is 2. The number of allylic oxidation sites excluding steroid dienone is 1. The van der Waals surface area contributed by atoms with Crippen LogP contribution in [0, 0.1) is 5.82 Å². The first-order valence-corrected chi connectivity index (χ1v) is 8.37. The highest BCUT2D eigenvalue weighted by Gasteiger charge is 2.21. The lowest BCUT2D eigenvalue weighted by Crippen LogP contribution is -2.34. The van der Waals surface area contributed by atoms with Crippen LogP contribution < -0.4 is 5.32 Å². The van der Waals surface area contributed by atoms with Crippen molar-refractivity contribution in [1.82, 2.24) is 5.32 Å². The average Bonchev–Trinajstić information content (AvgIpc) is 2.48. The van der Waals surface area contributed by atoms with Crippen LogP contribution in [0.5, 0.6) is 5.75 Å². The van der Waals surface area contributed by atoms with Gasteiger partial charge in [0.05, 0.1) is 12.6 Å². The van der Waals surface area contributed by atoms with E-state index in [1.165, 1.54) is 18.2 Å². The maximum atomic E-state index is 13.9. The zero-order valence-corrected chi connectivity index (χ0v) is 15.8. The molecule has 0 radical (unpaired) electrons. The lowest BCUT2D eigenvalue weighted by Gasteiger charge is -2.23. The van der Waals surface area contributed by atoms with Crippen molar-refractivity contribution in [3.05, 3.63) is 41.2 Å². The molecule has 0 aliphatic carbocycles.